The molecule has 1 aromatic heterocycles. The lowest BCUT2D eigenvalue weighted by Crippen LogP contribution is -2.30. The Labute approximate surface area is 196 Å². The van der Waals surface area contributed by atoms with Crippen LogP contribution in [0, 0.1) is 11.6 Å². The van der Waals surface area contributed by atoms with Crippen LogP contribution in [0.2, 0.25) is 10.0 Å². The Morgan fingerprint density at radius 3 is 2.42 bits per heavy atom. The number of aliphatic hydroxyl groups is 1. The monoisotopic (exact) mass is 490 g/mol. The molecule has 4 rings (SSSR count). The van der Waals surface area contributed by atoms with Crippen LogP contribution in [0.5, 0.6) is 5.75 Å². The molecule has 0 radical (unpaired) electrons. The number of aliphatic hydroxyl groups excluding tert-OH is 1. The molecular formula is C23H14Cl2F2N2O4. The van der Waals surface area contributed by atoms with Gasteiger partial charge in [-0.1, -0.05) is 23.2 Å². The first kappa shape index (κ1) is 22.7. The molecule has 1 saturated heterocycles. The summed E-state index contributed by atoms with van der Waals surface area (Å²) in [5.41, 5.74) is -0.379. The predicted molar refractivity (Wildman–Crippen MR) is 118 cm³/mol. The van der Waals surface area contributed by atoms with Gasteiger partial charge in [-0.05, 0) is 42.0 Å². The molecule has 0 saturated carbocycles. The van der Waals surface area contributed by atoms with Crippen LogP contribution in [0.25, 0.3) is 5.76 Å². The second-order valence-corrected chi connectivity index (χ2v) is 7.86. The minimum atomic E-state index is -1.25. The molecule has 168 valence electrons. The van der Waals surface area contributed by atoms with Crippen LogP contribution in [0.1, 0.15) is 17.2 Å². The van der Waals surface area contributed by atoms with Crippen molar-refractivity contribution in [2.45, 2.75) is 6.04 Å². The molecule has 1 unspecified atom stereocenters. The Kier molecular flexibility index (Phi) is 6.05. The molecule has 1 aliphatic rings. The number of amides is 1. The van der Waals surface area contributed by atoms with E-state index in [2.05, 4.69) is 4.98 Å². The zero-order valence-corrected chi connectivity index (χ0v) is 18.4. The summed E-state index contributed by atoms with van der Waals surface area (Å²) in [7, 11) is 1.30. The van der Waals surface area contributed by atoms with Crippen LogP contribution in [0.3, 0.4) is 0 Å². The zero-order chi connectivity index (χ0) is 23.9. The Bertz CT molecular complexity index is 1320. The number of carbonyl (C=O) groups excluding carboxylic acids is 2. The van der Waals surface area contributed by atoms with Gasteiger partial charge in [-0.25, -0.2) is 8.78 Å². The van der Waals surface area contributed by atoms with E-state index < -0.39 is 35.1 Å². The number of rotatable bonds is 4. The summed E-state index contributed by atoms with van der Waals surface area (Å²) in [6.07, 6.45) is 2.82. The van der Waals surface area contributed by atoms with Gasteiger partial charge < -0.3 is 9.84 Å². The number of methoxy groups -OCH3 is 1. The Hall–Kier alpha value is -3.49. The fourth-order valence-corrected chi connectivity index (χ4v) is 4.28. The number of aromatic nitrogens is 1. The van der Waals surface area contributed by atoms with Gasteiger partial charge >= 0.3 is 0 Å². The van der Waals surface area contributed by atoms with Crippen molar-refractivity contribution in [1.29, 1.82) is 0 Å². The van der Waals surface area contributed by atoms with Gasteiger partial charge in [0.05, 0.1) is 35.0 Å². The number of ether oxygens (including phenoxy) is 1. The average molecular weight is 491 g/mol. The van der Waals surface area contributed by atoms with Crippen molar-refractivity contribution in [3.63, 3.8) is 0 Å². The number of hydrogen-bond acceptors (Lipinski definition) is 5. The molecule has 10 heteroatoms. The van der Waals surface area contributed by atoms with E-state index in [9.17, 15) is 23.5 Å². The van der Waals surface area contributed by atoms with Gasteiger partial charge in [0.1, 0.15) is 23.1 Å². The Morgan fingerprint density at radius 1 is 1.09 bits per heavy atom. The largest absolute Gasteiger partial charge is 0.507 e. The molecule has 1 amide bonds. The van der Waals surface area contributed by atoms with Gasteiger partial charge in [0.15, 0.2) is 0 Å². The number of Topliss-reactive ketones (excluding diaryl/α,β-unsaturated/α-hetero) is 1. The van der Waals surface area contributed by atoms with E-state index in [1.807, 2.05) is 0 Å². The molecule has 2 aromatic carbocycles. The van der Waals surface area contributed by atoms with E-state index in [0.717, 1.165) is 17.0 Å². The lowest BCUT2D eigenvalue weighted by molar-refractivity contribution is -0.132. The van der Waals surface area contributed by atoms with Gasteiger partial charge in [-0.2, -0.15) is 0 Å². The molecule has 0 spiro atoms. The molecule has 3 aromatic rings. The van der Waals surface area contributed by atoms with E-state index >= 15 is 0 Å². The van der Waals surface area contributed by atoms with Gasteiger partial charge in [0.2, 0.25) is 0 Å². The predicted octanol–water partition coefficient (Wildman–Crippen LogP) is 5.30. The van der Waals surface area contributed by atoms with Crippen molar-refractivity contribution < 1.29 is 28.2 Å². The van der Waals surface area contributed by atoms with Crippen LogP contribution in [0.15, 0.2) is 60.4 Å². The number of benzene rings is 2. The Balaban J connectivity index is 2.02. The van der Waals surface area contributed by atoms with Gasteiger partial charge in [0, 0.05) is 23.5 Å². The van der Waals surface area contributed by atoms with Crippen molar-refractivity contribution >= 4 is 46.3 Å². The summed E-state index contributed by atoms with van der Waals surface area (Å²) in [6, 6.07) is 7.04. The molecule has 0 aliphatic carbocycles. The van der Waals surface area contributed by atoms with E-state index in [0.29, 0.717) is 11.6 Å². The fraction of sp³-hybridized carbons (Fsp3) is 0.0870. The van der Waals surface area contributed by atoms with Crippen LogP contribution in [-0.2, 0) is 9.59 Å². The summed E-state index contributed by atoms with van der Waals surface area (Å²) in [4.78, 5) is 30.9. The summed E-state index contributed by atoms with van der Waals surface area (Å²) in [5, 5.41) is 11.4. The third-order valence-electron chi connectivity index (χ3n) is 5.10. The normalized spacial score (nSPS) is 17.5. The SMILES string of the molecule is COc1c(Cl)cc(Cl)cc1/C(O)=C1\C(=O)C(=O)N(c2ccc(F)cc2F)C1c1ccncc1. The molecule has 1 N–H and O–H groups in total. The first-order chi connectivity index (χ1) is 15.7. The maximum atomic E-state index is 14.7. The molecule has 2 heterocycles. The van der Waals surface area contributed by atoms with Crippen molar-refractivity contribution in [1.82, 2.24) is 4.98 Å². The Morgan fingerprint density at radius 2 is 1.79 bits per heavy atom. The maximum absolute atomic E-state index is 14.7. The fourth-order valence-electron chi connectivity index (χ4n) is 3.71. The topological polar surface area (TPSA) is 79.7 Å². The minimum Gasteiger partial charge on any atom is -0.507 e. The first-order valence-corrected chi connectivity index (χ1v) is 10.2. The van der Waals surface area contributed by atoms with Gasteiger partial charge in [-0.15, -0.1) is 0 Å². The highest BCUT2D eigenvalue weighted by Gasteiger charge is 2.48. The molecule has 6 nitrogen and oxygen atoms in total. The third-order valence-corrected chi connectivity index (χ3v) is 5.60. The van der Waals surface area contributed by atoms with Gasteiger partial charge in [-0.3, -0.25) is 19.5 Å². The van der Waals surface area contributed by atoms with Crippen molar-refractivity contribution in [2.24, 2.45) is 0 Å². The number of carbonyl (C=O) groups is 2. The number of anilines is 1. The smallest absolute Gasteiger partial charge is 0.300 e. The summed E-state index contributed by atoms with van der Waals surface area (Å²) < 4.78 is 33.4. The average Bonchev–Trinajstić information content (AvgIpc) is 3.04. The molecule has 33 heavy (non-hydrogen) atoms. The van der Waals surface area contributed by atoms with Crippen molar-refractivity contribution in [2.75, 3.05) is 12.0 Å². The second kappa shape index (κ2) is 8.80. The highest BCUT2D eigenvalue weighted by Crippen LogP contribution is 2.45. The zero-order valence-electron chi connectivity index (χ0n) is 16.9. The number of pyridine rings is 1. The minimum absolute atomic E-state index is 0.0196. The second-order valence-electron chi connectivity index (χ2n) is 7.01. The number of halogens is 4. The van der Waals surface area contributed by atoms with Gasteiger partial charge in [0.25, 0.3) is 11.7 Å². The number of ketones is 1. The molecule has 1 aliphatic heterocycles. The molecule has 1 atom stereocenters. The van der Waals surface area contributed by atoms with E-state index in [1.54, 1.807) is 0 Å². The van der Waals surface area contributed by atoms with Crippen LogP contribution in [0.4, 0.5) is 14.5 Å². The van der Waals surface area contributed by atoms with Crippen molar-refractivity contribution in [3.05, 3.63) is 93.2 Å². The highest BCUT2D eigenvalue weighted by atomic mass is 35.5. The number of hydrogen-bond donors (Lipinski definition) is 1. The molecule has 1 fully saturated rings. The lowest BCUT2D eigenvalue weighted by Gasteiger charge is -2.25. The summed E-state index contributed by atoms with van der Waals surface area (Å²) in [6.45, 7) is 0. The van der Waals surface area contributed by atoms with Crippen molar-refractivity contribution in [3.8, 4) is 5.75 Å². The van der Waals surface area contributed by atoms with E-state index in [1.165, 1.54) is 43.8 Å². The first-order valence-electron chi connectivity index (χ1n) is 9.44. The van der Waals surface area contributed by atoms with Crippen LogP contribution < -0.4 is 9.64 Å². The summed E-state index contributed by atoms with van der Waals surface area (Å²) in [5.74, 6) is -4.72. The quantitative estimate of drug-likeness (QED) is 0.305. The number of nitrogens with zero attached hydrogens (tertiary/aromatic N) is 2. The van der Waals surface area contributed by atoms with E-state index in [4.69, 9.17) is 27.9 Å². The van der Waals surface area contributed by atoms with Crippen LogP contribution >= 0.6 is 23.2 Å². The standard InChI is InChI=1S/C23H14Cl2F2N2O4/c1-33-22-14(8-12(24)9-15(22)25)20(30)18-19(11-4-6-28-7-5-11)29(23(32)21(18)31)17-3-2-13(26)10-16(17)27/h2-10,19,30H,1H3/b20-18+. The maximum Gasteiger partial charge on any atom is 0.300 e. The third kappa shape index (κ3) is 3.92. The molecular weight excluding hydrogens is 477 g/mol. The highest BCUT2D eigenvalue weighted by molar-refractivity contribution is 6.52. The van der Waals surface area contributed by atoms with E-state index in [-0.39, 0.29) is 32.6 Å². The molecule has 0 bridgehead atoms. The summed E-state index contributed by atoms with van der Waals surface area (Å²) >= 11 is 12.2. The van der Waals surface area contributed by atoms with Crippen LogP contribution in [-0.4, -0.2) is 28.9 Å². The lowest BCUT2D eigenvalue weighted by atomic mass is 9.95.